The molecule has 0 bridgehead atoms. The molecule has 1 aliphatic heterocycles. The average molecular weight is 439 g/mol. The second-order valence-corrected chi connectivity index (χ2v) is 8.48. The number of hydrogen-bond donors (Lipinski definition) is 0. The number of aromatic nitrogens is 4. The van der Waals surface area contributed by atoms with Gasteiger partial charge in [0.1, 0.15) is 0 Å². The van der Waals surface area contributed by atoms with E-state index in [2.05, 4.69) is 41.1 Å². The van der Waals surface area contributed by atoms with Gasteiger partial charge in [-0.25, -0.2) is 9.78 Å². The number of nitrogens with zero attached hydrogens (tertiary/aromatic N) is 6. The number of imidazole rings is 1. The van der Waals surface area contributed by atoms with E-state index in [1.165, 1.54) is 22.9 Å². The topological polar surface area (TPSA) is 85.4 Å². The number of anilines is 1. The number of hydrogen-bond acceptors (Lipinski definition) is 5. The van der Waals surface area contributed by atoms with Gasteiger partial charge in [0.15, 0.2) is 11.2 Å². The zero-order valence-corrected chi connectivity index (χ0v) is 19.0. The van der Waals surface area contributed by atoms with Crippen molar-refractivity contribution in [3.63, 3.8) is 0 Å². The minimum atomic E-state index is -0.399. The highest BCUT2D eigenvalue weighted by Gasteiger charge is 2.20. The second-order valence-electron chi connectivity index (χ2n) is 8.48. The van der Waals surface area contributed by atoms with E-state index >= 15 is 0 Å². The summed E-state index contributed by atoms with van der Waals surface area (Å²) in [6, 6.07) is 8.52. The maximum Gasteiger partial charge on any atom is 0.332 e. The van der Waals surface area contributed by atoms with E-state index in [9.17, 15) is 14.4 Å². The lowest BCUT2D eigenvalue weighted by Crippen LogP contribution is -2.37. The molecule has 9 heteroatoms. The number of fused-ring (bicyclic) bond motifs is 1. The lowest BCUT2D eigenvalue weighted by molar-refractivity contribution is -0.131. The molecule has 0 unspecified atom stereocenters. The molecular formula is C23H30N6O3. The van der Waals surface area contributed by atoms with E-state index in [0.717, 1.165) is 30.6 Å². The lowest BCUT2D eigenvalue weighted by Gasteiger charge is -2.24. The van der Waals surface area contributed by atoms with Crippen LogP contribution >= 0.6 is 0 Å². The molecule has 1 amide bonds. The highest BCUT2D eigenvalue weighted by atomic mass is 16.2. The molecular weight excluding hydrogens is 408 g/mol. The molecule has 1 aromatic carbocycles. The SMILES string of the molecule is Cc1ccc(N2CCCN(C(=O)CCCn3cnc4c3c(=O)n(C)c(=O)n4C)CC2)cc1. The average Bonchev–Trinajstić information content (AvgIpc) is 3.05. The number of carbonyl (C=O) groups excluding carboxylic acids is 1. The van der Waals surface area contributed by atoms with Crippen LogP contribution in [0, 0.1) is 6.92 Å². The van der Waals surface area contributed by atoms with Gasteiger partial charge < -0.3 is 14.4 Å². The maximum absolute atomic E-state index is 12.8. The minimum Gasteiger partial charge on any atom is -0.370 e. The van der Waals surface area contributed by atoms with Crippen LogP contribution in [0.2, 0.25) is 0 Å². The molecule has 32 heavy (non-hydrogen) atoms. The van der Waals surface area contributed by atoms with Crippen LogP contribution in [-0.4, -0.2) is 55.7 Å². The number of amides is 1. The van der Waals surface area contributed by atoms with Crippen LogP contribution in [0.4, 0.5) is 5.69 Å². The second kappa shape index (κ2) is 9.02. The standard InChI is InChI=1S/C23H30N6O3/c1-17-7-9-18(10-8-17)27-12-5-13-28(15-14-27)19(30)6-4-11-29-16-24-21-20(29)22(31)26(3)23(32)25(21)2/h7-10,16H,4-6,11-15H2,1-3H3. The molecule has 4 rings (SSSR count). The van der Waals surface area contributed by atoms with Crippen molar-refractivity contribution in [2.75, 3.05) is 31.1 Å². The molecule has 0 spiro atoms. The third-order valence-corrected chi connectivity index (χ3v) is 6.25. The predicted octanol–water partition coefficient (Wildman–Crippen LogP) is 1.26. The summed E-state index contributed by atoms with van der Waals surface area (Å²) in [4.78, 5) is 46.0. The van der Waals surface area contributed by atoms with Gasteiger partial charge in [0.2, 0.25) is 5.91 Å². The highest BCUT2D eigenvalue weighted by molar-refractivity contribution is 5.76. The first-order valence-electron chi connectivity index (χ1n) is 11.1. The molecule has 9 nitrogen and oxygen atoms in total. The van der Waals surface area contributed by atoms with Crippen molar-refractivity contribution < 1.29 is 4.79 Å². The van der Waals surface area contributed by atoms with E-state index in [0.29, 0.717) is 37.1 Å². The van der Waals surface area contributed by atoms with Gasteiger partial charge in [-0.05, 0) is 31.9 Å². The molecule has 0 N–H and O–H groups in total. The van der Waals surface area contributed by atoms with Gasteiger partial charge >= 0.3 is 5.69 Å². The Bertz CT molecular complexity index is 1240. The Morgan fingerprint density at radius 1 is 1.00 bits per heavy atom. The molecule has 1 fully saturated rings. The van der Waals surface area contributed by atoms with E-state index in [1.54, 1.807) is 17.9 Å². The Morgan fingerprint density at radius 3 is 2.50 bits per heavy atom. The van der Waals surface area contributed by atoms with Crippen molar-refractivity contribution in [3.05, 3.63) is 57.0 Å². The van der Waals surface area contributed by atoms with E-state index in [4.69, 9.17) is 0 Å². The van der Waals surface area contributed by atoms with Crippen molar-refractivity contribution >= 4 is 22.8 Å². The van der Waals surface area contributed by atoms with Crippen molar-refractivity contribution in [1.29, 1.82) is 0 Å². The first-order chi connectivity index (χ1) is 15.4. The quantitative estimate of drug-likeness (QED) is 0.599. The summed E-state index contributed by atoms with van der Waals surface area (Å²) in [6.07, 6.45) is 3.53. The third kappa shape index (κ3) is 4.19. The number of aryl methyl sites for hydroxylation is 3. The summed E-state index contributed by atoms with van der Waals surface area (Å²) < 4.78 is 4.20. The lowest BCUT2D eigenvalue weighted by atomic mass is 10.2. The molecule has 0 radical (unpaired) electrons. The van der Waals surface area contributed by atoms with Crippen molar-refractivity contribution in [1.82, 2.24) is 23.6 Å². The summed E-state index contributed by atoms with van der Waals surface area (Å²) in [5.41, 5.74) is 2.44. The fourth-order valence-corrected chi connectivity index (χ4v) is 4.31. The molecule has 3 aromatic rings. The van der Waals surface area contributed by atoms with Crippen LogP contribution in [0.5, 0.6) is 0 Å². The number of rotatable bonds is 5. The van der Waals surface area contributed by atoms with E-state index in [-0.39, 0.29) is 11.5 Å². The fraction of sp³-hybridized carbons (Fsp3) is 0.478. The summed E-state index contributed by atoms with van der Waals surface area (Å²) in [5.74, 6) is 0.139. The molecule has 1 aliphatic rings. The molecule has 1 saturated heterocycles. The first kappa shape index (κ1) is 21.9. The van der Waals surface area contributed by atoms with E-state index in [1.807, 2.05) is 4.90 Å². The summed E-state index contributed by atoms with van der Waals surface area (Å²) >= 11 is 0. The smallest absolute Gasteiger partial charge is 0.332 e. The molecule has 170 valence electrons. The fourth-order valence-electron chi connectivity index (χ4n) is 4.31. The Labute approximate surface area is 186 Å². The van der Waals surface area contributed by atoms with Gasteiger partial charge in [-0.15, -0.1) is 0 Å². The van der Waals surface area contributed by atoms with Gasteiger partial charge in [0, 0.05) is 58.9 Å². The zero-order chi connectivity index (χ0) is 22.8. The minimum absolute atomic E-state index is 0.139. The number of benzene rings is 1. The highest BCUT2D eigenvalue weighted by Crippen LogP contribution is 2.18. The Hall–Kier alpha value is -3.36. The van der Waals surface area contributed by atoms with Crippen molar-refractivity contribution in [2.45, 2.75) is 32.7 Å². The van der Waals surface area contributed by atoms with Crippen molar-refractivity contribution in [3.8, 4) is 0 Å². The summed E-state index contributed by atoms with van der Waals surface area (Å²) in [5, 5.41) is 0. The third-order valence-electron chi connectivity index (χ3n) is 6.25. The van der Waals surface area contributed by atoms with Gasteiger partial charge in [0.25, 0.3) is 5.56 Å². The normalized spacial score (nSPS) is 14.7. The molecule has 0 aliphatic carbocycles. The van der Waals surface area contributed by atoms with Crippen LogP contribution in [0.1, 0.15) is 24.8 Å². The van der Waals surface area contributed by atoms with Crippen LogP contribution < -0.4 is 16.1 Å². The Morgan fingerprint density at radius 2 is 1.75 bits per heavy atom. The Balaban J connectivity index is 1.36. The zero-order valence-electron chi connectivity index (χ0n) is 19.0. The predicted molar refractivity (Wildman–Crippen MR) is 124 cm³/mol. The van der Waals surface area contributed by atoms with Gasteiger partial charge in [0.05, 0.1) is 6.33 Å². The van der Waals surface area contributed by atoms with Crippen LogP contribution in [-0.2, 0) is 25.4 Å². The molecule has 0 atom stereocenters. The van der Waals surface area contributed by atoms with Crippen LogP contribution in [0.15, 0.2) is 40.2 Å². The van der Waals surface area contributed by atoms with Crippen LogP contribution in [0.25, 0.3) is 11.2 Å². The van der Waals surface area contributed by atoms with Gasteiger partial charge in [-0.1, -0.05) is 17.7 Å². The first-order valence-corrected chi connectivity index (χ1v) is 11.1. The molecule has 0 saturated carbocycles. The van der Waals surface area contributed by atoms with Gasteiger partial charge in [-0.3, -0.25) is 18.7 Å². The van der Waals surface area contributed by atoms with Crippen LogP contribution in [0.3, 0.4) is 0 Å². The maximum atomic E-state index is 12.8. The van der Waals surface area contributed by atoms with Gasteiger partial charge in [-0.2, -0.15) is 0 Å². The molecule has 2 aromatic heterocycles. The molecule has 3 heterocycles. The van der Waals surface area contributed by atoms with E-state index < -0.39 is 5.69 Å². The summed E-state index contributed by atoms with van der Waals surface area (Å²) in [6.45, 7) is 5.82. The van der Waals surface area contributed by atoms with Crippen molar-refractivity contribution in [2.24, 2.45) is 14.1 Å². The number of carbonyl (C=O) groups is 1. The monoisotopic (exact) mass is 438 g/mol. The largest absolute Gasteiger partial charge is 0.370 e. The summed E-state index contributed by atoms with van der Waals surface area (Å²) in [7, 11) is 3.06. The Kier molecular flexibility index (Phi) is 6.16.